The minimum absolute atomic E-state index is 0.200. The van der Waals surface area contributed by atoms with Gasteiger partial charge in [-0.15, -0.1) is 0 Å². The van der Waals surface area contributed by atoms with Crippen molar-refractivity contribution in [2.45, 2.75) is 6.04 Å². The number of nitrogens with two attached hydrogens (primary N) is 1. The number of hydrogen-bond acceptors (Lipinski definition) is 3. The van der Waals surface area contributed by atoms with Gasteiger partial charge < -0.3 is 10.8 Å². The molecule has 4 nitrogen and oxygen atoms in total. The molecule has 3 N–H and O–H groups in total. The molecule has 0 amide bonds. The van der Waals surface area contributed by atoms with Gasteiger partial charge in [-0.1, -0.05) is 23.2 Å². The monoisotopic (exact) mass is 220 g/mol. The summed E-state index contributed by atoms with van der Waals surface area (Å²) < 4.78 is 0. The third kappa shape index (κ3) is 2.30. The minimum atomic E-state index is -1.17. The Morgan fingerprint density at radius 1 is 1.62 bits per heavy atom. The average molecular weight is 221 g/mol. The fourth-order valence-electron chi connectivity index (χ4n) is 0.780. The third-order valence-corrected chi connectivity index (χ3v) is 1.98. The van der Waals surface area contributed by atoms with E-state index in [1.807, 2.05) is 0 Å². The van der Waals surface area contributed by atoms with Gasteiger partial charge in [-0.3, -0.25) is 4.79 Å². The molecule has 1 heterocycles. The number of carbonyl (C=O) groups is 1. The van der Waals surface area contributed by atoms with Crippen LogP contribution in [-0.4, -0.2) is 16.1 Å². The predicted molar refractivity (Wildman–Crippen MR) is 48.8 cm³/mol. The van der Waals surface area contributed by atoms with Crippen LogP contribution in [0.25, 0.3) is 0 Å². The molecule has 1 rings (SSSR count). The first-order valence-corrected chi connectivity index (χ1v) is 4.07. The van der Waals surface area contributed by atoms with Crippen LogP contribution in [-0.2, 0) is 4.79 Å². The van der Waals surface area contributed by atoms with Gasteiger partial charge in [0.15, 0.2) is 0 Å². The van der Waals surface area contributed by atoms with Crippen molar-refractivity contribution in [3.05, 3.63) is 28.0 Å². The zero-order valence-electron chi connectivity index (χ0n) is 6.37. The van der Waals surface area contributed by atoms with E-state index in [4.69, 9.17) is 34.0 Å². The van der Waals surface area contributed by atoms with Crippen LogP contribution < -0.4 is 5.73 Å². The van der Waals surface area contributed by atoms with Crippen LogP contribution in [0, 0.1) is 0 Å². The first-order chi connectivity index (χ1) is 6.02. The number of aliphatic carboxylic acids is 1. The van der Waals surface area contributed by atoms with Crippen LogP contribution in [0.4, 0.5) is 0 Å². The van der Waals surface area contributed by atoms with Crippen molar-refractivity contribution in [1.29, 1.82) is 0 Å². The van der Waals surface area contributed by atoms with E-state index in [-0.39, 0.29) is 15.7 Å². The van der Waals surface area contributed by atoms with Crippen molar-refractivity contribution in [3.8, 4) is 0 Å². The van der Waals surface area contributed by atoms with E-state index >= 15 is 0 Å². The van der Waals surface area contributed by atoms with E-state index in [1.165, 1.54) is 12.3 Å². The van der Waals surface area contributed by atoms with Gasteiger partial charge in [0, 0.05) is 11.8 Å². The Bertz CT molecular complexity index is 343. The molecule has 0 fully saturated rings. The molecule has 0 aliphatic carbocycles. The summed E-state index contributed by atoms with van der Waals surface area (Å²) in [6, 6.07) is 0.179. The van der Waals surface area contributed by atoms with Crippen LogP contribution in [0.15, 0.2) is 12.3 Å². The van der Waals surface area contributed by atoms with Crippen LogP contribution in [0.5, 0.6) is 0 Å². The molecule has 0 aromatic carbocycles. The minimum Gasteiger partial charge on any atom is -0.480 e. The number of halogens is 2. The lowest BCUT2D eigenvalue weighted by molar-refractivity contribution is -0.138. The molecule has 1 atom stereocenters. The van der Waals surface area contributed by atoms with E-state index < -0.39 is 12.0 Å². The number of carboxylic acid groups (broad SMARTS) is 1. The summed E-state index contributed by atoms with van der Waals surface area (Å²) >= 11 is 11.2. The Kier molecular flexibility index (Phi) is 3.08. The predicted octanol–water partition coefficient (Wildman–Crippen LogP) is 1.47. The maximum absolute atomic E-state index is 10.5. The number of aromatic nitrogens is 1. The number of hydrogen-bond donors (Lipinski definition) is 2. The van der Waals surface area contributed by atoms with Gasteiger partial charge in [0.2, 0.25) is 0 Å². The first-order valence-electron chi connectivity index (χ1n) is 3.31. The summed E-state index contributed by atoms with van der Waals surface area (Å²) in [5.74, 6) is -1.16. The Balaban J connectivity index is 3.08. The molecule has 1 unspecified atom stereocenters. The highest BCUT2D eigenvalue weighted by Crippen LogP contribution is 2.23. The summed E-state index contributed by atoms with van der Waals surface area (Å²) in [6.45, 7) is 0. The first kappa shape index (κ1) is 10.2. The van der Waals surface area contributed by atoms with Crippen LogP contribution in [0.1, 0.15) is 11.6 Å². The molecule has 0 aliphatic rings. The zero-order valence-corrected chi connectivity index (χ0v) is 7.88. The summed E-state index contributed by atoms with van der Waals surface area (Å²) in [4.78, 5) is 14.2. The number of nitrogens with zero attached hydrogens (tertiary/aromatic N) is 1. The van der Waals surface area contributed by atoms with E-state index in [2.05, 4.69) is 4.98 Å². The average Bonchev–Trinajstić information content (AvgIpc) is 2.03. The van der Waals surface area contributed by atoms with E-state index in [1.54, 1.807) is 0 Å². The molecule has 0 radical (unpaired) electrons. The van der Waals surface area contributed by atoms with Crippen molar-refractivity contribution in [1.82, 2.24) is 4.98 Å². The van der Waals surface area contributed by atoms with Gasteiger partial charge in [0.05, 0.1) is 5.02 Å². The summed E-state index contributed by atoms with van der Waals surface area (Å²) in [7, 11) is 0. The fraction of sp³-hybridized carbons (Fsp3) is 0.143. The fourth-order valence-corrected chi connectivity index (χ4v) is 1.26. The molecule has 0 saturated carbocycles. The molecule has 0 bridgehead atoms. The largest absolute Gasteiger partial charge is 0.480 e. The molecule has 13 heavy (non-hydrogen) atoms. The number of pyridine rings is 1. The van der Waals surface area contributed by atoms with Gasteiger partial charge in [-0.25, -0.2) is 4.98 Å². The second-order valence-corrected chi connectivity index (χ2v) is 3.14. The van der Waals surface area contributed by atoms with Crippen LogP contribution >= 0.6 is 23.2 Å². The zero-order chi connectivity index (χ0) is 10.0. The van der Waals surface area contributed by atoms with E-state index in [0.29, 0.717) is 0 Å². The quantitative estimate of drug-likeness (QED) is 0.741. The molecular formula is C7H6Cl2N2O2. The Morgan fingerprint density at radius 3 is 2.69 bits per heavy atom. The lowest BCUT2D eigenvalue weighted by Crippen LogP contribution is -2.21. The smallest absolute Gasteiger partial charge is 0.325 e. The van der Waals surface area contributed by atoms with Crippen LogP contribution in [0.3, 0.4) is 0 Å². The molecule has 70 valence electrons. The van der Waals surface area contributed by atoms with E-state index in [0.717, 1.165) is 0 Å². The highest BCUT2D eigenvalue weighted by Gasteiger charge is 2.17. The standard InChI is InChI=1S/C7H6Cl2N2O2/c8-4-1-5(9)11-2-3(4)6(10)7(12)13/h1-2,6H,10H2,(H,12,13). The maximum atomic E-state index is 10.5. The molecule has 0 saturated heterocycles. The van der Waals surface area contributed by atoms with Crippen molar-refractivity contribution in [3.63, 3.8) is 0 Å². The lowest BCUT2D eigenvalue weighted by atomic mass is 10.1. The molecule has 1 aromatic heterocycles. The summed E-state index contributed by atoms with van der Waals surface area (Å²) in [5.41, 5.74) is 5.57. The molecule has 0 aliphatic heterocycles. The van der Waals surface area contributed by atoms with Gasteiger partial charge >= 0.3 is 5.97 Å². The van der Waals surface area contributed by atoms with Gasteiger partial charge in [0.1, 0.15) is 11.2 Å². The van der Waals surface area contributed by atoms with Crippen molar-refractivity contribution in [2.75, 3.05) is 0 Å². The Hall–Kier alpha value is -0.840. The Morgan fingerprint density at radius 2 is 2.23 bits per heavy atom. The second kappa shape index (κ2) is 3.91. The molecule has 6 heteroatoms. The molecular weight excluding hydrogens is 215 g/mol. The normalized spacial score (nSPS) is 12.5. The van der Waals surface area contributed by atoms with Crippen LogP contribution in [0.2, 0.25) is 10.2 Å². The number of rotatable bonds is 2. The lowest BCUT2D eigenvalue weighted by Gasteiger charge is -2.07. The number of carboxylic acids is 1. The SMILES string of the molecule is NC(C(=O)O)c1cnc(Cl)cc1Cl. The van der Waals surface area contributed by atoms with Crippen molar-refractivity contribution < 1.29 is 9.90 Å². The highest BCUT2D eigenvalue weighted by atomic mass is 35.5. The van der Waals surface area contributed by atoms with Crippen molar-refractivity contribution in [2.24, 2.45) is 5.73 Å². The maximum Gasteiger partial charge on any atom is 0.325 e. The highest BCUT2D eigenvalue weighted by molar-refractivity contribution is 6.34. The molecule has 1 aromatic rings. The van der Waals surface area contributed by atoms with Gasteiger partial charge in [-0.05, 0) is 6.07 Å². The van der Waals surface area contributed by atoms with Gasteiger partial charge in [-0.2, -0.15) is 0 Å². The topological polar surface area (TPSA) is 76.2 Å². The van der Waals surface area contributed by atoms with Crippen molar-refractivity contribution >= 4 is 29.2 Å². The third-order valence-electron chi connectivity index (χ3n) is 1.45. The Labute approximate surface area is 84.3 Å². The summed E-state index contributed by atoms with van der Waals surface area (Å²) in [5, 5.41) is 8.99. The second-order valence-electron chi connectivity index (χ2n) is 2.34. The molecule has 0 spiro atoms. The van der Waals surface area contributed by atoms with Gasteiger partial charge in [0.25, 0.3) is 0 Å². The summed E-state index contributed by atoms with van der Waals surface area (Å²) in [6.07, 6.45) is 1.25. The van der Waals surface area contributed by atoms with E-state index in [9.17, 15) is 4.79 Å².